The van der Waals surface area contributed by atoms with Crippen LogP contribution in [0.3, 0.4) is 0 Å². The Morgan fingerprint density at radius 1 is 1.26 bits per heavy atom. The van der Waals surface area contributed by atoms with E-state index in [2.05, 4.69) is 15.6 Å². The number of amides is 2. The number of ether oxygens (including phenoxy) is 3. The van der Waals surface area contributed by atoms with Gasteiger partial charge in [0.05, 0.1) is 25.1 Å². The molecule has 2 heterocycles. The number of benzene rings is 2. The second-order valence-electron chi connectivity index (χ2n) is 7.55. The Morgan fingerprint density at radius 2 is 2.09 bits per heavy atom. The van der Waals surface area contributed by atoms with E-state index in [9.17, 15) is 9.59 Å². The normalized spacial score (nSPS) is 14.8. The Hall–Kier alpha value is -3.85. The molecule has 1 atom stereocenters. The summed E-state index contributed by atoms with van der Waals surface area (Å²) >= 11 is 1.38. The number of anilines is 2. The molecule has 1 aliphatic rings. The van der Waals surface area contributed by atoms with Gasteiger partial charge in [0, 0.05) is 16.5 Å². The number of methoxy groups -OCH3 is 1. The minimum atomic E-state index is -0.530. The van der Waals surface area contributed by atoms with Crippen LogP contribution in [0.1, 0.15) is 24.3 Å². The lowest BCUT2D eigenvalue weighted by Crippen LogP contribution is -2.34. The summed E-state index contributed by atoms with van der Waals surface area (Å²) in [5.74, 6) is 1.39. The Morgan fingerprint density at radius 3 is 2.85 bits per heavy atom. The third kappa shape index (κ3) is 5.04. The number of thiazole rings is 1. The van der Waals surface area contributed by atoms with Gasteiger partial charge >= 0.3 is 0 Å². The maximum atomic E-state index is 12.5. The summed E-state index contributed by atoms with van der Waals surface area (Å²) in [6.07, 6.45) is 2.61. The second-order valence-corrected chi connectivity index (χ2v) is 8.75. The van der Waals surface area contributed by atoms with E-state index >= 15 is 0 Å². The smallest absolute Gasteiger partial charge is 0.265 e. The molecule has 0 radical (unpaired) electrons. The van der Waals surface area contributed by atoms with E-state index in [0.29, 0.717) is 34.7 Å². The van der Waals surface area contributed by atoms with E-state index in [1.54, 1.807) is 26.2 Å². The Labute approximate surface area is 201 Å². The van der Waals surface area contributed by atoms with Gasteiger partial charge in [-0.05, 0) is 62.7 Å². The molecular weight excluding hydrogens is 454 g/mol. The zero-order valence-corrected chi connectivity index (χ0v) is 20.1. The molecule has 0 fully saturated rings. The summed E-state index contributed by atoms with van der Waals surface area (Å²) in [7, 11) is 1.57. The maximum Gasteiger partial charge on any atom is 0.265 e. The van der Waals surface area contributed by atoms with Crippen LogP contribution < -0.4 is 24.8 Å². The van der Waals surface area contributed by atoms with Crippen molar-refractivity contribution in [3.8, 4) is 28.5 Å². The monoisotopic (exact) mass is 479 g/mol. The fourth-order valence-electron chi connectivity index (χ4n) is 3.46. The van der Waals surface area contributed by atoms with Crippen LogP contribution in [0.2, 0.25) is 0 Å². The minimum absolute atomic E-state index is 0.190. The Kier molecular flexibility index (Phi) is 6.83. The zero-order chi connectivity index (χ0) is 24.2. The first kappa shape index (κ1) is 23.3. The minimum Gasteiger partial charge on any atom is -0.493 e. The molecule has 2 amide bonds. The van der Waals surface area contributed by atoms with Gasteiger partial charge < -0.3 is 19.5 Å². The van der Waals surface area contributed by atoms with Crippen molar-refractivity contribution in [3.05, 3.63) is 52.9 Å². The molecule has 0 bridgehead atoms. The molecule has 1 aliphatic heterocycles. The van der Waals surface area contributed by atoms with Crippen molar-refractivity contribution in [1.29, 1.82) is 0 Å². The van der Waals surface area contributed by atoms with Crippen molar-refractivity contribution in [3.63, 3.8) is 0 Å². The standard InChI is InChI=1S/C25H25N3O5S/c1-5-32-20-9-6-16(12-21(20)31-4)7-11-22(29)27-25-28-23(15(3)34-25)17-8-10-19-18(13-17)26-24(30)14(2)33-19/h6-14H,5H2,1-4H3,(H,26,30)(H,27,28,29). The molecule has 176 valence electrons. The molecule has 2 aromatic carbocycles. The highest BCUT2D eigenvalue weighted by atomic mass is 32.1. The molecular formula is C25H25N3O5S. The third-order valence-corrected chi connectivity index (χ3v) is 6.01. The van der Waals surface area contributed by atoms with Crippen molar-refractivity contribution >= 4 is 40.0 Å². The SMILES string of the molecule is CCOc1ccc(C=CC(=O)Nc2nc(-c3ccc4c(c3)NC(=O)C(C)O4)c(C)s2)cc1OC. The number of aromatic nitrogens is 1. The van der Waals surface area contributed by atoms with Crippen molar-refractivity contribution in [2.75, 3.05) is 24.4 Å². The molecule has 8 nitrogen and oxygen atoms in total. The average Bonchev–Trinajstić information content (AvgIpc) is 3.18. The summed E-state index contributed by atoms with van der Waals surface area (Å²) in [6.45, 7) is 6.08. The van der Waals surface area contributed by atoms with E-state index in [-0.39, 0.29) is 11.8 Å². The molecule has 0 spiro atoms. The fraction of sp³-hybridized carbons (Fsp3) is 0.240. The lowest BCUT2D eigenvalue weighted by molar-refractivity contribution is -0.122. The highest BCUT2D eigenvalue weighted by Gasteiger charge is 2.24. The molecule has 0 saturated heterocycles. The van der Waals surface area contributed by atoms with Crippen LogP contribution in [0.25, 0.3) is 17.3 Å². The van der Waals surface area contributed by atoms with Crippen molar-refractivity contribution < 1.29 is 23.8 Å². The highest BCUT2D eigenvalue weighted by molar-refractivity contribution is 7.16. The van der Waals surface area contributed by atoms with Gasteiger partial charge in [-0.15, -0.1) is 11.3 Å². The number of fused-ring (bicyclic) bond motifs is 1. The maximum absolute atomic E-state index is 12.5. The molecule has 4 rings (SSSR count). The topological polar surface area (TPSA) is 98.8 Å². The first-order chi connectivity index (χ1) is 16.4. The van der Waals surface area contributed by atoms with Crippen LogP contribution in [0.5, 0.6) is 17.2 Å². The second kappa shape index (κ2) is 9.96. The summed E-state index contributed by atoms with van der Waals surface area (Å²) in [5, 5.41) is 6.14. The van der Waals surface area contributed by atoms with Crippen molar-refractivity contribution in [1.82, 2.24) is 4.98 Å². The molecule has 0 saturated carbocycles. The third-order valence-electron chi connectivity index (χ3n) is 5.13. The number of rotatable bonds is 7. The summed E-state index contributed by atoms with van der Waals surface area (Å²) in [6, 6.07) is 11.0. The Balaban J connectivity index is 1.47. The number of nitrogens with one attached hydrogen (secondary N) is 2. The van der Waals surface area contributed by atoms with Gasteiger partial charge in [-0.3, -0.25) is 14.9 Å². The van der Waals surface area contributed by atoms with Crippen LogP contribution in [0.15, 0.2) is 42.5 Å². The van der Waals surface area contributed by atoms with Gasteiger partial charge in [-0.25, -0.2) is 4.98 Å². The first-order valence-electron chi connectivity index (χ1n) is 10.8. The van der Waals surface area contributed by atoms with Crippen LogP contribution in [-0.2, 0) is 9.59 Å². The van der Waals surface area contributed by atoms with E-state index in [0.717, 1.165) is 21.7 Å². The lowest BCUT2D eigenvalue weighted by Gasteiger charge is -2.23. The van der Waals surface area contributed by atoms with E-state index in [1.165, 1.54) is 17.4 Å². The van der Waals surface area contributed by atoms with Crippen LogP contribution in [-0.4, -0.2) is 36.6 Å². The fourth-order valence-corrected chi connectivity index (χ4v) is 4.29. The number of hydrogen-bond donors (Lipinski definition) is 2. The first-order valence-corrected chi connectivity index (χ1v) is 11.6. The number of nitrogens with zero attached hydrogens (tertiary/aromatic N) is 1. The lowest BCUT2D eigenvalue weighted by atomic mass is 10.1. The zero-order valence-electron chi connectivity index (χ0n) is 19.3. The molecule has 1 unspecified atom stereocenters. The van der Waals surface area contributed by atoms with Crippen molar-refractivity contribution in [2.24, 2.45) is 0 Å². The molecule has 3 aromatic rings. The predicted octanol–water partition coefficient (Wildman–Crippen LogP) is 4.90. The quantitative estimate of drug-likeness (QED) is 0.468. The largest absolute Gasteiger partial charge is 0.493 e. The van der Waals surface area contributed by atoms with Gasteiger partial charge in [-0.1, -0.05) is 6.07 Å². The molecule has 34 heavy (non-hydrogen) atoms. The summed E-state index contributed by atoms with van der Waals surface area (Å²) in [5.41, 5.74) is 2.96. The summed E-state index contributed by atoms with van der Waals surface area (Å²) < 4.78 is 16.5. The van der Waals surface area contributed by atoms with Gasteiger partial charge in [0.15, 0.2) is 22.7 Å². The van der Waals surface area contributed by atoms with E-state index in [1.807, 2.05) is 44.2 Å². The number of hydrogen-bond acceptors (Lipinski definition) is 7. The highest BCUT2D eigenvalue weighted by Crippen LogP contribution is 2.37. The van der Waals surface area contributed by atoms with Crippen molar-refractivity contribution in [2.45, 2.75) is 26.9 Å². The number of aryl methyl sites for hydroxylation is 1. The molecule has 2 N–H and O–H groups in total. The summed E-state index contributed by atoms with van der Waals surface area (Å²) in [4.78, 5) is 29.9. The average molecular weight is 480 g/mol. The Bertz CT molecular complexity index is 1270. The van der Waals surface area contributed by atoms with Gasteiger partial charge in [0.25, 0.3) is 5.91 Å². The number of carbonyl (C=O) groups is 2. The molecule has 0 aliphatic carbocycles. The van der Waals surface area contributed by atoms with Gasteiger partial charge in [0.2, 0.25) is 5.91 Å². The molecule has 1 aromatic heterocycles. The van der Waals surface area contributed by atoms with Crippen LogP contribution >= 0.6 is 11.3 Å². The van der Waals surface area contributed by atoms with Gasteiger partial charge in [-0.2, -0.15) is 0 Å². The van der Waals surface area contributed by atoms with Crippen LogP contribution in [0, 0.1) is 6.92 Å². The number of carbonyl (C=O) groups excluding carboxylic acids is 2. The van der Waals surface area contributed by atoms with E-state index in [4.69, 9.17) is 14.2 Å². The predicted molar refractivity (Wildman–Crippen MR) is 133 cm³/mol. The molecule has 9 heteroatoms. The van der Waals surface area contributed by atoms with Crippen LogP contribution in [0.4, 0.5) is 10.8 Å². The van der Waals surface area contributed by atoms with E-state index < -0.39 is 6.10 Å². The van der Waals surface area contributed by atoms with Gasteiger partial charge in [0.1, 0.15) is 5.75 Å².